The first-order valence-electron chi connectivity index (χ1n) is 6.54. The second kappa shape index (κ2) is 6.90. The monoisotopic (exact) mass is 256 g/mol. The number of aryl methyl sites for hydroxylation is 1. The van der Waals surface area contributed by atoms with E-state index in [2.05, 4.69) is 41.5 Å². The van der Waals surface area contributed by atoms with E-state index in [1.165, 1.54) is 11.1 Å². The van der Waals surface area contributed by atoms with Crippen LogP contribution in [0.5, 0.6) is 5.88 Å². The van der Waals surface area contributed by atoms with Crippen molar-refractivity contribution in [1.82, 2.24) is 10.3 Å². The van der Waals surface area contributed by atoms with Gasteiger partial charge in [-0.3, -0.25) is 0 Å². The van der Waals surface area contributed by atoms with Gasteiger partial charge in [0.1, 0.15) is 0 Å². The highest BCUT2D eigenvalue weighted by molar-refractivity contribution is 5.22. The minimum Gasteiger partial charge on any atom is -0.481 e. The lowest BCUT2D eigenvalue weighted by Gasteiger charge is -2.06. The van der Waals surface area contributed by atoms with Gasteiger partial charge in [0.05, 0.1) is 12.8 Å². The highest BCUT2D eigenvalue weighted by Crippen LogP contribution is 2.07. The third-order valence-electron chi connectivity index (χ3n) is 2.97. The summed E-state index contributed by atoms with van der Waals surface area (Å²) in [5.74, 6) is 0.665. The van der Waals surface area contributed by atoms with Crippen molar-refractivity contribution in [3.63, 3.8) is 0 Å². The molecule has 100 valence electrons. The van der Waals surface area contributed by atoms with Crippen LogP contribution in [0.2, 0.25) is 0 Å². The van der Waals surface area contributed by atoms with E-state index in [1.807, 2.05) is 18.2 Å². The SMILES string of the molecule is COc1cccc(CNCCc2cccc(C)c2)n1. The fourth-order valence-electron chi connectivity index (χ4n) is 1.99. The third kappa shape index (κ3) is 4.38. The summed E-state index contributed by atoms with van der Waals surface area (Å²) < 4.78 is 5.10. The van der Waals surface area contributed by atoms with Crippen LogP contribution in [0.4, 0.5) is 0 Å². The molecule has 0 saturated carbocycles. The number of nitrogens with one attached hydrogen (secondary N) is 1. The molecule has 0 fully saturated rings. The van der Waals surface area contributed by atoms with Gasteiger partial charge in [-0.05, 0) is 31.5 Å². The molecule has 0 radical (unpaired) electrons. The van der Waals surface area contributed by atoms with Gasteiger partial charge < -0.3 is 10.1 Å². The van der Waals surface area contributed by atoms with E-state index < -0.39 is 0 Å². The van der Waals surface area contributed by atoms with Gasteiger partial charge in [0.15, 0.2) is 0 Å². The van der Waals surface area contributed by atoms with Gasteiger partial charge in [-0.1, -0.05) is 35.9 Å². The van der Waals surface area contributed by atoms with Crippen LogP contribution in [0.3, 0.4) is 0 Å². The Kier molecular flexibility index (Phi) is 4.93. The molecule has 2 aromatic rings. The maximum Gasteiger partial charge on any atom is 0.213 e. The molecule has 1 heterocycles. The van der Waals surface area contributed by atoms with Crippen molar-refractivity contribution < 1.29 is 4.74 Å². The molecule has 3 heteroatoms. The van der Waals surface area contributed by atoms with Gasteiger partial charge in [-0.2, -0.15) is 0 Å². The molecule has 3 nitrogen and oxygen atoms in total. The number of benzene rings is 1. The lowest BCUT2D eigenvalue weighted by atomic mass is 10.1. The molecule has 0 spiro atoms. The van der Waals surface area contributed by atoms with Crippen LogP contribution < -0.4 is 10.1 Å². The van der Waals surface area contributed by atoms with Gasteiger partial charge in [-0.25, -0.2) is 4.98 Å². The summed E-state index contributed by atoms with van der Waals surface area (Å²) in [6.07, 6.45) is 1.03. The number of aromatic nitrogens is 1. The number of pyridine rings is 1. The van der Waals surface area contributed by atoms with Crippen LogP contribution in [0, 0.1) is 6.92 Å². The van der Waals surface area contributed by atoms with Crippen molar-refractivity contribution in [2.45, 2.75) is 19.9 Å². The second-order valence-corrected chi connectivity index (χ2v) is 4.59. The molecule has 0 amide bonds. The topological polar surface area (TPSA) is 34.1 Å². The predicted molar refractivity (Wildman–Crippen MR) is 77.4 cm³/mol. The van der Waals surface area contributed by atoms with Crippen molar-refractivity contribution in [3.05, 3.63) is 59.3 Å². The number of nitrogens with zero attached hydrogens (tertiary/aromatic N) is 1. The maximum absolute atomic E-state index is 5.10. The van der Waals surface area contributed by atoms with Crippen LogP contribution in [0.15, 0.2) is 42.5 Å². The molecule has 0 saturated heterocycles. The van der Waals surface area contributed by atoms with Gasteiger partial charge >= 0.3 is 0 Å². The standard InChI is InChI=1S/C16H20N2O/c1-13-5-3-6-14(11-13)9-10-17-12-15-7-4-8-16(18-15)19-2/h3-8,11,17H,9-10,12H2,1-2H3. The molecule has 0 aliphatic rings. The Morgan fingerprint density at radius 2 is 2.00 bits per heavy atom. The van der Waals surface area contributed by atoms with Crippen LogP contribution in [0.25, 0.3) is 0 Å². The highest BCUT2D eigenvalue weighted by atomic mass is 16.5. The Bertz CT molecular complexity index is 526. The lowest BCUT2D eigenvalue weighted by Crippen LogP contribution is -2.17. The summed E-state index contributed by atoms with van der Waals surface area (Å²) in [6.45, 7) is 3.84. The molecule has 0 aliphatic heterocycles. The maximum atomic E-state index is 5.10. The number of rotatable bonds is 6. The summed E-state index contributed by atoms with van der Waals surface area (Å²) in [5.41, 5.74) is 3.68. The molecule has 0 aliphatic carbocycles. The molecule has 1 aromatic carbocycles. The number of ether oxygens (including phenoxy) is 1. The van der Waals surface area contributed by atoms with Crippen molar-refractivity contribution in [2.75, 3.05) is 13.7 Å². The lowest BCUT2D eigenvalue weighted by molar-refractivity contribution is 0.395. The van der Waals surface area contributed by atoms with Crippen molar-refractivity contribution in [1.29, 1.82) is 0 Å². The minimum absolute atomic E-state index is 0.665. The molecule has 19 heavy (non-hydrogen) atoms. The van der Waals surface area contributed by atoms with E-state index in [-0.39, 0.29) is 0 Å². The molecule has 2 rings (SSSR count). The molecule has 1 N–H and O–H groups in total. The van der Waals surface area contributed by atoms with E-state index in [0.29, 0.717) is 5.88 Å². The zero-order chi connectivity index (χ0) is 13.5. The van der Waals surface area contributed by atoms with E-state index in [4.69, 9.17) is 4.74 Å². The van der Waals surface area contributed by atoms with Gasteiger partial charge in [0.2, 0.25) is 5.88 Å². The van der Waals surface area contributed by atoms with Gasteiger partial charge in [-0.15, -0.1) is 0 Å². The number of hydrogen-bond acceptors (Lipinski definition) is 3. The zero-order valence-corrected chi connectivity index (χ0v) is 11.5. The average molecular weight is 256 g/mol. The Morgan fingerprint density at radius 3 is 2.79 bits per heavy atom. The van der Waals surface area contributed by atoms with E-state index in [1.54, 1.807) is 7.11 Å². The smallest absolute Gasteiger partial charge is 0.213 e. The Balaban J connectivity index is 1.77. The molecule has 1 aromatic heterocycles. The normalized spacial score (nSPS) is 10.4. The first-order valence-corrected chi connectivity index (χ1v) is 6.54. The van der Waals surface area contributed by atoms with Crippen LogP contribution >= 0.6 is 0 Å². The summed E-state index contributed by atoms with van der Waals surface area (Å²) in [4.78, 5) is 4.37. The molecule has 0 atom stereocenters. The van der Waals surface area contributed by atoms with Crippen LogP contribution in [-0.2, 0) is 13.0 Å². The summed E-state index contributed by atoms with van der Waals surface area (Å²) in [7, 11) is 1.64. The van der Waals surface area contributed by atoms with Gasteiger partial charge in [0, 0.05) is 12.6 Å². The first kappa shape index (κ1) is 13.6. The summed E-state index contributed by atoms with van der Waals surface area (Å²) >= 11 is 0. The fourth-order valence-corrected chi connectivity index (χ4v) is 1.99. The number of methoxy groups -OCH3 is 1. The second-order valence-electron chi connectivity index (χ2n) is 4.59. The van der Waals surface area contributed by atoms with Gasteiger partial charge in [0.25, 0.3) is 0 Å². The van der Waals surface area contributed by atoms with Crippen molar-refractivity contribution >= 4 is 0 Å². The third-order valence-corrected chi connectivity index (χ3v) is 2.97. The van der Waals surface area contributed by atoms with Crippen LogP contribution in [0.1, 0.15) is 16.8 Å². The van der Waals surface area contributed by atoms with Crippen molar-refractivity contribution in [2.24, 2.45) is 0 Å². The summed E-state index contributed by atoms with van der Waals surface area (Å²) in [6, 6.07) is 14.4. The molecule has 0 bridgehead atoms. The summed E-state index contributed by atoms with van der Waals surface area (Å²) in [5, 5.41) is 3.40. The average Bonchev–Trinajstić information content (AvgIpc) is 2.44. The van der Waals surface area contributed by atoms with Crippen molar-refractivity contribution in [3.8, 4) is 5.88 Å². The molecular weight excluding hydrogens is 236 g/mol. The largest absolute Gasteiger partial charge is 0.481 e. The van der Waals surface area contributed by atoms with Crippen LogP contribution in [-0.4, -0.2) is 18.6 Å². The Hall–Kier alpha value is -1.87. The zero-order valence-electron chi connectivity index (χ0n) is 11.5. The minimum atomic E-state index is 0.665. The van der Waals surface area contributed by atoms with E-state index in [9.17, 15) is 0 Å². The van der Waals surface area contributed by atoms with E-state index in [0.717, 1.165) is 25.2 Å². The Morgan fingerprint density at radius 1 is 1.16 bits per heavy atom. The highest BCUT2D eigenvalue weighted by Gasteiger charge is 1.98. The van der Waals surface area contributed by atoms with E-state index >= 15 is 0 Å². The number of hydrogen-bond donors (Lipinski definition) is 1. The quantitative estimate of drug-likeness (QED) is 0.807. The fraction of sp³-hybridized carbons (Fsp3) is 0.312. The molecule has 0 unspecified atom stereocenters. The predicted octanol–water partition coefficient (Wildman–Crippen LogP) is 2.73. The first-order chi connectivity index (χ1) is 9.28. The molecular formula is C16H20N2O. The Labute approximate surface area is 114 Å².